The van der Waals surface area contributed by atoms with Crippen LogP contribution in [0, 0.1) is 12.3 Å². The number of carboxylic acids is 1. The first-order valence-electron chi connectivity index (χ1n) is 5.52. The molecular weight excluding hydrogens is 275 g/mol. The number of carboxylic acid groups (broad SMARTS) is 1. The molecule has 0 fully saturated rings. The van der Waals surface area contributed by atoms with Gasteiger partial charge in [0.1, 0.15) is 5.75 Å². The summed E-state index contributed by atoms with van der Waals surface area (Å²) in [5.74, 6) is 0.875. The molecule has 1 rings (SSSR count). The molecule has 0 heterocycles. The van der Waals surface area contributed by atoms with Crippen LogP contribution >= 0.6 is 0 Å². The third-order valence-electron chi connectivity index (χ3n) is 2.21. The number of halogens is 3. The first kappa shape index (κ1) is 15.9. The van der Waals surface area contributed by atoms with Crippen LogP contribution in [0.1, 0.15) is 5.56 Å². The van der Waals surface area contributed by atoms with Gasteiger partial charge in [0.25, 0.3) is 0 Å². The molecule has 0 aromatic heterocycles. The van der Waals surface area contributed by atoms with Gasteiger partial charge in [0.2, 0.25) is 0 Å². The van der Waals surface area contributed by atoms with E-state index < -0.39 is 12.3 Å². The van der Waals surface area contributed by atoms with E-state index in [-0.39, 0.29) is 25.4 Å². The maximum Gasteiger partial charge on any atom is 0.573 e. The molecule has 0 radical (unpaired) electrons. The van der Waals surface area contributed by atoms with Crippen LogP contribution in [-0.4, -0.2) is 35.4 Å². The number of terminal acetylenes is 1. The lowest BCUT2D eigenvalue weighted by Gasteiger charge is -2.18. The first-order valence-corrected chi connectivity index (χ1v) is 5.52. The minimum Gasteiger partial charge on any atom is -0.480 e. The number of nitrogens with zero attached hydrogens (tertiary/aromatic N) is 1. The van der Waals surface area contributed by atoms with Crippen molar-refractivity contribution >= 4 is 5.97 Å². The predicted octanol–water partition coefficient (Wildman–Crippen LogP) is 2.10. The molecule has 0 aliphatic rings. The number of hydrogen-bond acceptors (Lipinski definition) is 3. The molecule has 0 atom stereocenters. The van der Waals surface area contributed by atoms with Crippen molar-refractivity contribution in [2.24, 2.45) is 0 Å². The van der Waals surface area contributed by atoms with Gasteiger partial charge in [-0.1, -0.05) is 18.1 Å². The summed E-state index contributed by atoms with van der Waals surface area (Å²) in [5, 5.41) is 8.71. The number of alkyl halides is 3. The van der Waals surface area contributed by atoms with E-state index in [4.69, 9.17) is 11.5 Å². The Labute approximate surface area is 113 Å². The molecule has 0 amide bonds. The van der Waals surface area contributed by atoms with Crippen molar-refractivity contribution in [3.63, 3.8) is 0 Å². The fourth-order valence-electron chi connectivity index (χ4n) is 1.59. The summed E-state index contributed by atoms with van der Waals surface area (Å²) < 4.78 is 40.1. The summed E-state index contributed by atoms with van der Waals surface area (Å²) in [6, 6.07) is 5.32. The Morgan fingerprint density at radius 1 is 1.45 bits per heavy atom. The van der Waals surface area contributed by atoms with E-state index in [9.17, 15) is 18.0 Å². The van der Waals surface area contributed by atoms with Gasteiger partial charge in [-0.15, -0.1) is 19.6 Å². The Morgan fingerprint density at radius 3 is 2.70 bits per heavy atom. The van der Waals surface area contributed by atoms with Crippen molar-refractivity contribution in [3.05, 3.63) is 29.8 Å². The van der Waals surface area contributed by atoms with Crippen LogP contribution in [0.2, 0.25) is 0 Å². The van der Waals surface area contributed by atoms with Crippen LogP contribution < -0.4 is 4.74 Å². The van der Waals surface area contributed by atoms with Gasteiger partial charge in [-0.05, 0) is 17.7 Å². The van der Waals surface area contributed by atoms with Crippen molar-refractivity contribution < 1.29 is 27.8 Å². The number of carbonyl (C=O) groups is 1. The third-order valence-corrected chi connectivity index (χ3v) is 2.21. The van der Waals surface area contributed by atoms with Gasteiger partial charge >= 0.3 is 12.3 Å². The number of rotatable bonds is 6. The monoisotopic (exact) mass is 287 g/mol. The van der Waals surface area contributed by atoms with Crippen LogP contribution in [0.25, 0.3) is 0 Å². The Balaban J connectivity index is 2.78. The lowest BCUT2D eigenvalue weighted by atomic mass is 10.2. The largest absolute Gasteiger partial charge is 0.573 e. The Hall–Kier alpha value is -2.20. The van der Waals surface area contributed by atoms with Crippen molar-refractivity contribution in [2.75, 3.05) is 13.1 Å². The van der Waals surface area contributed by atoms with Crippen LogP contribution in [0.5, 0.6) is 5.75 Å². The van der Waals surface area contributed by atoms with Gasteiger partial charge in [0, 0.05) is 6.54 Å². The van der Waals surface area contributed by atoms with E-state index in [0.717, 1.165) is 0 Å². The number of ether oxygens (including phenoxy) is 1. The summed E-state index contributed by atoms with van der Waals surface area (Å²) in [5.41, 5.74) is 0.475. The molecule has 7 heteroatoms. The van der Waals surface area contributed by atoms with E-state index in [1.165, 1.54) is 23.1 Å². The SMILES string of the molecule is C#CCN(CC(=O)O)Cc1cccc(OC(F)(F)F)c1. The number of hydrogen-bond donors (Lipinski definition) is 1. The molecule has 0 aliphatic heterocycles. The third kappa shape index (κ3) is 6.11. The zero-order valence-electron chi connectivity index (χ0n) is 10.4. The Bertz CT molecular complexity index is 508. The highest BCUT2D eigenvalue weighted by atomic mass is 19.4. The molecule has 20 heavy (non-hydrogen) atoms. The van der Waals surface area contributed by atoms with Crippen molar-refractivity contribution in [2.45, 2.75) is 12.9 Å². The summed E-state index contributed by atoms with van der Waals surface area (Å²) in [6.45, 7) is -0.100. The Kier molecular flexibility index (Phi) is 5.41. The second-order valence-corrected chi connectivity index (χ2v) is 3.94. The normalized spacial score (nSPS) is 11.2. The highest BCUT2D eigenvalue weighted by Crippen LogP contribution is 2.23. The smallest absolute Gasteiger partial charge is 0.480 e. The second-order valence-electron chi connectivity index (χ2n) is 3.94. The summed E-state index contributed by atoms with van der Waals surface area (Å²) in [6.07, 6.45) is 0.348. The molecule has 108 valence electrons. The molecule has 0 unspecified atom stereocenters. The highest BCUT2D eigenvalue weighted by molar-refractivity contribution is 5.69. The van der Waals surface area contributed by atoms with Gasteiger partial charge in [0.15, 0.2) is 0 Å². The van der Waals surface area contributed by atoms with E-state index in [1.807, 2.05) is 0 Å². The molecule has 0 aliphatic carbocycles. The quantitative estimate of drug-likeness (QED) is 0.814. The molecule has 4 nitrogen and oxygen atoms in total. The molecule has 1 aromatic carbocycles. The molecule has 1 N–H and O–H groups in total. The van der Waals surface area contributed by atoms with Crippen molar-refractivity contribution in [3.8, 4) is 18.1 Å². The van der Waals surface area contributed by atoms with Gasteiger partial charge in [-0.3, -0.25) is 9.69 Å². The fraction of sp³-hybridized carbons (Fsp3) is 0.308. The van der Waals surface area contributed by atoms with Gasteiger partial charge in [0.05, 0.1) is 13.1 Å². The first-order chi connectivity index (χ1) is 9.30. The minimum atomic E-state index is -4.77. The zero-order chi connectivity index (χ0) is 15.2. The van der Waals surface area contributed by atoms with E-state index in [1.54, 1.807) is 6.07 Å². The van der Waals surface area contributed by atoms with Crippen molar-refractivity contribution in [1.82, 2.24) is 4.90 Å². The van der Waals surface area contributed by atoms with Gasteiger partial charge in [-0.25, -0.2) is 0 Å². The van der Waals surface area contributed by atoms with Crippen molar-refractivity contribution in [1.29, 1.82) is 0 Å². The van der Waals surface area contributed by atoms with Crippen LogP contribution in [-0.2, 0) is 11.3 Å². The molecular formula is C13H12F3NO3. The second kappa shape index (κ2) is 6.82. The number of benzene rings is 1. The maximum absolute atomic E-state index is 12.1. The lowest BCUT2D eigenvalue weighted by molar-refractivity contribution is -0.274. The van der Waals surface area contributed by atoms with E-state index >= 15 is 0 Å². The van der Waals surface area contributed by atoms with Crippen LogP contribution in [0.15, 0.2) is 24.3 Å². The molecule has 0 spiro atoms. The summed E-state index contributed by atoms with van der Waals surface area (Å²) >= 11 is 0. The zero-order valence-corrected chi connectivity index (χ0v) is 10.4. The van der Waals surface area contributed by atoms with Gasteiger partial charge in [-0.2, -0.15) is 0 Å². The highest BCUT2D eigenvalue weighted by Gasteiger charge is 2.31. The maximum atomic E-state index is 12.1. The summed E-state index contributed by atoms with van der Waals surface area (Å²) in [7, 11) is 0. The average Bonchev–Trinajstić information content (AvgIpc) is 2.26. The fourth-order valence-corrected chi connectivity index (χ4v) is 1.59. The summed E-state index contributed by atoms with van der Waals surface area (Å²) in [4.78, 5) is 12.1. The molecule has 1 aromatic rings. The van der Waals surface area contributed by atoms with Crippen LogP contribution in [0.4, 0.5) is 13.2 Å². The minimum absolute atomic E-state index is 0.0800. The molecule has 0 saturated heterocycles. The molecule has 0 bridgehead atoms. The Morgan fingerprint density at radius 2 is 2.15 bits per heavy atom. The number of aliphatic carboxylic acids is 1. The lowest BCUT2D eigenvalue weighted by Crippen LogP contribution is -2.29. The average molecular weight is 287 g/mol. The molecule has 0 saturated carbocycles. The van der Waals surface area contributed by atoms with Crippen LogP contribution in [0.3, 0.4) is 0 Å². The van der Waals surface area contributed by atoms with Gasteiger partial charge < -0.3 is 9.84 Å². The van der Waals surface area contributed by atoms with E-state index in [2.05, 4.69) is 10.7 Å². The predicted molar refractivity (Wildman–Crippen MR) is 64.9 cm³/mol. The van der Waals surface area contributed by atoms with E-state index in [0.29, 0.717) is 5.56 Å². The standard InChI is InChI=1S/C13H12F3NO3/c1-2-6-17(9-12(18)19)8-10-4-3-5-11(7-10)20-13(14,15)16/h1,3-5,7H,6,8-9H2,(H,18,19). The topological polar surface area (TPSA) is 49.8 Å².